The van der Waals surface area contributed by atoms with Gasteiger partial charge in [0.1, 0.15) is 23.9 Å². The van der Waals surface area contributed by atoms with E-state index in [9.17, 15) is 19.2 Å². The van der Waals surface area contributed by atoms with Gasteiger partial charge in [0.05, 0.1) is 0 Å². The van der Waals surface area contributed by atoms with Crippen molar-refractivity contribution in [3.63, 3.8) is 0 Å². The lowest BCUT2D eigenvalue weighted by Gasteiger charge is -2.09. The maximum Gasteiger partial charge on any atom is 0.365 e. The summed E-state index contributed by atoms with van der Waals surface area (Å²) >= 11 is 0. The summed E-state index contributed by atoms with van der Waals surface area (Å²) in [5.74, 6) is -3.53. The second-order valence-electron chi connectivity index (χ2n) is 3.69. The Bertz CT molecular complexity index is 320. The van der Waals surface area contributed by atoms with Crippen LogP contribution in [0.2, 0.25) is 0 Å². The normalized spacial score (nSPS) is 11.5. The molecule has 96 valence electrons. The Balaban J connectivity index is 4.19. The van der Waals surface area contributed by atoms with Crippen LogP contribution in [0.4, 0.5) is 0 Å². The van der Waals surface area contributed by atoms with E-state index in [1.165, 1.54) is 13.8 Å². The Labute approximate surface area is 99.2 Å². The molecule has 0 rings (SSSR count). The molecule has 0 aromatic carbocycles. The van der Waals surface area contributed by atoms with Gasteiger partial charge in [-0.15, -0.1) is 0 Å². The van der Waals surface area contributed by atoms with Crippen molar-refractivity contribution >= 4 is 23.5 Å². The lowest BCUT2D eigenvalue weighted by atomic mass is 10.0. The molecule has 0 saturated heterocycles. The molecule has 0 bridgehead atoms. The Kier molecular flexibility index (Phi) is 6.77. The van der Waals surface area contributed by atoms with Crippen molar-refractivity contribution in [2.75, 3.05) is 0 Å². The van der Waals surface area contributed by atoms with Crippen LogP contribution < -0.4 is 0 Å². The van der Waals surface area contributed by atoms with Crippen LogP contribution >= 0.6 is 0 Å². The van der Waals surface area contributed by atoms with Gasteiger partial charge in [-0.1, -0.05) is 13.3 Å². The van der Waals surface area contributed by atoms with E-state index < -0.39 is 30.1 Å². The van der Waals surface area contributed by atoms with Crippen molar-refractivity contribution in [2.24, 2.45) is 5.92 Å². The maximum absolute atomic E-state index is 11.4. The lowest BCUT2D eigenvalue weighted by molar-refractivity contribution is -0.261. The minimum Gasteiger partial charge on any atom is -0.299 e. The Morgan fingerprint density at radius 2 is 1.65 bits per heavy atom. The monoisotopic (exact) mass is 244 g/mol. The molecule has 6 nitrogen and oxygen atoms in total. The molecule has 0 N–H and O–H groups in total. The molecule has 0 aromatic heterocycles. The molecular weight excluding hydrogens is 228 g/mol. The van der Waals surface area contributed by atoms with E-state index in [4.69, 9.17) is 0 Å². The molecule has 0 aliphatic carbocycles. The van der Waals surface area contributed by atoms with Crippen LogP contribution in [0.25, 0.3) is 0 Å². The Hall–Kier alpha value is -1.72. The van der Waals surface area contributed by atoms with Crippen LogP contribution in [0.5, 0.6) is 0 Å². The molecule has 0 aliphatic rings. The lowest BCUT2D eigenvalue weighted by Crippen LogP contribution is -2.25. The highest BCUT2D eigenvalue weighted by atomic mass is 17.2. The summed E-state index contributed by atoms with van der Waals surface area (Å²) in [4.78, 5) is 52.3. The molecule has 0 fully saturated rings. The summed E-state index contributed by atoms with van der Waals surface area (Å²) in [7, 11) is 0. The highest BCUT2D eigenvalue weighted by Gasteiger charge is 2.26. The number of rotatable bonds is 6. The van der Waals surface area contributed by atoms with Crippen molar-refractivity contribution in [2.45, 2.75) is 40.0 Å². The first-order valence-corrected chi connectivity index (χ1v) is 5.29. The summed E-state index contributed by atoms with van der Waals surface area (Å²) in [6.07, 6.45) is 0.491. The topological polar surface area (TPSA) is 86.7 Å². The molecular formula is C11H16O6. The first kappa shape index (κ1) is 15.3. The minimum atomic E-state index is -0.954. The average Bonchev–Trinajstić information content (AvgIpc) is 2.21. The second-order valence-corrected chi connectivity index (χ2v) is 3.69. The maximum atomic E-state index is 11.4. The molecule has 0 radical (unpaired) electrons. The molecule has 0 heterocycles. The number of hydrogen-bond acceptors (Lipinski definition) is 6. The van der Waals surface area contributed by atoms with Crippen LogP contribution in [-0.2, 0) is 29.0 Å². The van der Waals surface area contributed by atoms with E-state index in [2.05, 4.69) is 9.78 Å². The predicted molar refractivity (Wildman–Crippen MR) is 56.6 cm³/mol. The van der Waals surface area contributed by atoms with Gasteiger partial charge in [-0.05, 0) is 20.3 Å². The number of Topliss-reactive ketones (excluding diaryl/α,β-unsaturated/α-hetero) is 2. The summed E-state index contributed by atoms with van der Waals surface area (Å²) in [5, 5.41) is 0. The largest absolute Gasteiger partial charge is 0.365 e. The first-order valence-electron chi connectivity index (χ1n) is 5.29. The standard InChI is InChI=1S/C11H16O6/c1-4-5-9(8(3)13)11(15)17-16-10(14)6-7(2)12/h9H,4-6H2,1-3H3. The molecule has 0 aliphatic heterocycles. The van der Waals surface area contributed by atoms with E-state index in [0.717, 1.165) is 0 Å². The smallest absolute Gasteiger partial charge is 0.299 e. The van der Waals surface area contributed by atoms with Gasteiger partial charge in [0.2, 0.25) is 0 Å². The summed E-state index contributed by atoms with van der Waals surface area (Å²) in [6, 6.07) is 0. The molecule has 0 saturated carbocycles. The van der Waals surface area contributed by atoms with Gasteiger partial charge in [-0.2, -0.15) is 0 Å². The third-order valence-corrected chi connectivity index (χ3v) is 1.96. The van der Waals surface area contributed by atoms with Gasteiger partial charge in [0.25, 0.3) is 0 Å². The molecule has 0 spiro atoms. The van der Waals surface area contributed by atoms with Crippen LogP contribution in [0.3, 0.4) is 0 Å². The number of hydrogen-bond donors (Lipinski definition) is 0. The molecule has 0 aromatic rings. The zero-order valence-corrected chi connectivity index (χ0v) is 10.1. The van der Waals surface area contributed by atoms with Crippen LogP contribution in [0.1, 0.15) is 40.0 Å². The van der Waals surface area contributed by atoms with Crippen molar-refractivity contribution in [1.29, 1.82) is 0 Å². The summed E-state index contributed by atoms with van der Waals surface area (Å²) in [6.45, 7) is 4.28. The van der Waals surface area contributed by atoms with Gasteiger partial charge in [0, 0.05) is 0 Å². The number of ketones is 2. The second kappa shape index (κ2) is 7.54. The molecule has 0 amide bonds. The Morgan fingerprint density at radius 1 is 1.06 bits per heavy atom. The fraction of sp³-hybridized carbons (Fsp3) is 0.636. The number of carbonyl (C=O) groups is 4. The van der Waals surface area contributed by atoms with E-state index >= 15 is 0 Å². The fourth-order valence-electron chi connectivity index (χ4n) is 1.15. The fourth-order valence-corrected chi connectivity index (χ4v) is 1.15. The Morgan fingerprint density at radius 3 is 2.06 bits per heavy atom. The highest BCUT2D eigenvalue weighted by Crippen LogP contribution is 2.10. The van der Waals surface area contributed by atoms with Crippen LogP contribution in [0.15, 0.2) is 0 Å². The van der Waals surface area contributed by atoms with E-state index in [-0.39, 0.29) is 5.78 Å². The van der Waals surface area contributed by atoms with Gasteiger partial charge < -0.3 is 0 Å². The van der Waals surface area contributed by atoms with Crippen molar-refractivity contribution in [3.05, 3.63) is 0 Å². The molecule has 6 heteroatoms. The molecule has 17 heavy (non-hydrogen) atoms. The van der Waals surface area contributed by atoms with Crippen molar-refractivity contribution < 1.29 is 29.0 Å². The third kappa shape index (κ3) is 6.44. The SMILES string of the molecule is CCCC(C(C)=O)C(=O)OOC(=O)CC(C)=O. The van der Waals surface area contributed by atoms with Gasteiger partial charge >= 0.3 is 11.9 Å². The van der Waals surface area contributed by atoms with Crippen LogP contribution in [0, 0.1) is 5.92 Å². The average molecular weight is 244 g/mol. The van der Waals surface area contributed by atoms with Gasteiger partial charge in [0.15, 0.2) is 0 Å². The van der Waals surface area contributed by atoms with Gasteiger partial charge in [-0.3, -0.25) is 9.59 Å². The predicted octanol–water partition coefficient (Wildman–Crippen LogP) is 0.972. The first-order chi connectivity index (χ1) is 7.88. The van der Waals surface area contributed by atoms with Gasteiger partial charge in [-0.25, -0.2) is 19.4 Å². The van der Waals surface area contributed by atoms with E-state index in [1.807, 2.05) is 6.92 Å². The van der Waals surface area contributed by atoms with E-state index in [0.29, 0.717) is 12.8 Å². The van der Waals surface area contributed by atoms with Crippen molar-refractivity contribution in [1.82, 2.24) is 0 Å². The molecule has 1 unspecified atom stereocenters. The quantitative estimate of drug-likeness (QED) is 0.393. The summed E-state index contributed by atoms with van der Waals surface area (Å²) in [5.41, 5.74) is 0. The number of carbonyl (C=O) groups excluding carboxylic acids is 4. The minimum absolute atomic E-state index is 0.332. The zero-order chi connectivity index (χ0) is 13.4. The van der Waals surface area contributed by atoms with Crippen molar-refractivity contribution in [3.8, 4) is 0 Å². The zero-order valence-electron chi connectivity index (χ0n) is 10.1. The molecule has 1 atom stereocenters. The summed E-state index contributed by atoms with van der Waals surface area (Å²) < 4.78 is 0. The third-order valence-electron chi connectivity index (χ3n) is 1.96. The van der Waals surface area contributed by atoms with Crippen LogP contribution in [-0.4, -0.2) is 23.5 Å². The highest BCUT2D eigenvalue weighted by molar-refractivity contribution is 5.98. The van der Waals surface area contributed by atoms with E-state index in [1.54, 1.807) is 0 Å².